The van der Waals surface area contributed by atoms with Crippen molar-refractivity contribution in [1.29, 1.82) is 0 Å². The summed E-state index contributed by atoms with van der Waals surface area (Å²) in [5, 5.41) is 3.26. The minimum absolute atomic E-state index is 0.0347. The van der Waals surface area contributed by atoms with Crippen molar-refractivity contribution in [2.24, 2.45) is 0 Å². The van der Waals surface area contributed by atoms with Gasteiger partial charge in [-0.3, -0.25) is 4.98 Å². The van der Waals surface area contributed by atoms with Crippen LogP contribution in [0.25, 0.3) is 11.4 Å². The van der Waals surface area contributed by atoms with E-state index in [1.165, 1.54) is 6.26 Å². The van der Waals surface area contributed by atoms with Crippen molar-refractivity contribution in [1.82, 2.24) is 15.0 Å². The Balaban J connectivity index is 1.85. The maximum atomic E-state index is 11.4. The SMILES string of the molecule is CCc1cc(Nc2ccc(CS(C)(=O)=O)cc2)nc(-c2ccncc2)n1. The zero-order chi connectivity index (χ0) is 18.6. The van der Waals surface area contributed by atoms with E-state index in [-0.39, 0.29) is 5.75 Å². The van der Waals surface area contributed by atoms with Gasteiger partial charge in [0, 0.05) is 41.7 Å². The minimum atomic E-state index is -3.04. The summed E-state index contributed by atoms with van der Waals surface area (Å²) < 4.78 is 22.8. The molecule has 0 aliphatic carbocycles. The maximum Gasteiger partial charge on any atom is 0.161 e. The summed E-state index contributed by atoms with van der Waals surface area (Å²) in [6.07, 6.45) is 5.45. The van der Waals surface area contributed by atoms with Crippen LogP contribution >= 0.6 is 0 Å². The van der Waals surface area contributed by atoms with Gasteiger partial charge in [0.1, 0.15) is 5.82 Å². The normalized spacial score (nSPS) is 11.3. The van der Waals surface area contributed by atoms with Gasteiger partial charge in [-0.25, -0.2) is 18.4 Å². The Morgan fingerprint density at radius 3 is 2.31 bits per heavy atom. The van der Waals surface area contributed by atoms with Gasteiger partial charge < -0.3 is 5.32 Å². The minimum Gasteiger partial charge on any atom is -0.340 e. The molecule has 0 fully saturated rings. The van der Waals surface area contributed by atoms with E-state index in [1.54, 1.807) is 24.5 Å². The van der Waals surface area contributed by atoms with Gasteiger partial charge in [0.2, 0.25) is 0 Å². The topological polar surface area (TPSA) is 84.8 Å². The molecule has 0 unspecified atom stereocenters. The molecular formula is C19H20N4O2S. The van der Waals surface area contributed by atoms with Gasteiger partial charge >= 0.3 is 0 Å². The summed E-state index contributed by atoms with van der Waals surface area (Å²) >= 11 is 0. The predicted octanol–water partition coefficient (Wildman–Crippen LogP) is 3.39. The number of hydrogen-bond acceptors (Lipinski definition) is 6. The van der Waals surface area contributed by atoms with E-state index in [9.17, 15) is 8.42 Å². The fourth-order valence-electron chi connectivity index (χ4n) is 2.51. The number of nitrogens with zero attached hydrogens (tertiary/aromatic N) is 3. The number of pyridine rings is 1. The van der Waals surface area contributed by atoms with Gasteiger partial charge in [-0.05, 0) is 36.2 Å². The number of sulfone groups is 1. The second kappa shape index (κ2) is 7.61. The van der Waals surface area contributed by atoms with Crippen molar-refractivity contribution in [2.75, 3.05) is 11.6 Å². The van der Waals surface area contributed by atoms with Crippen LogP contribution in [-0.4, -0.2) is 29.6 Å². The highest BCUT2D eigenvalue weighted by Gasteiger charge is 2.08. The van der Waals surface area contributed by atoms with E-state index in [2.05, 4.69) is 20.3 Å². The number of aromatic nitrogens is 3. The van der Waals surface area contributed by atoms with Gasteiger partial charge in [-0.1, -0.05) is 19.1 Å². The summed E-state index contributed by atoms with van der Waals surface area (Å²) in [5.41, 5.74) is 3.43. The lowest BCUT2D eigenvalue weighted by molar-refractivity contribution is 0.601. The van der Waals surface area contributed by atoms with Crippen LogP contribution in [0.4, 0.5) is 11.5 Å². The van der Waals surface area contributed by atoms with Crippen LogP contribution in [0.3, 0.4) is 0 Å². The van der Waals surface area contributed by atoms with Gasteiger partial charge in [0.15, 0.2) is 15.7 Å². The number of nitrogens with one attached hydrogen (secondary N) is 1. The highest BCUT2D eigenvalue weighted by molar-refractivity contribution is 7.89. The molecule has 0 amide bonds. The molecule has 0 saturated heterocycles. The van der Waals surface area contributed by atoms with Crippen molar-refractivity contribution in [3.05, 3.63) is 66.1 Å². The lowest BCUT2D eigenvalue weighted by atomic mass is 10.2. The second-order valence-corrected chi connectivity index (χ2v) is 8.19. The molecule has 0 atom stereocenters. The van der Waals surface area contributed by atoms with Crippen LogP contribution < -0.4 is 5.32 Å². The van der Waals surface area contributed by atoms with Gasteiger partial charge in [-0.15, -0.1) is 0 Å². The molecule has 1 aromatic carbocycles. The fraction of sp³-hybridized carbons (Fsp3) is 0.211. The summed E-state index contributed by atoms with van der Waals surface area (Å²) in [6, 6.07) is 13.0. The second-order valence-electron chi connectivity index (χ2n) is 6.05. The van der Waals surface area contributed by atoms with Crippen molar-refractivity contribution in [3.8, 4) is 11.4 Å². The molecule has 0 bridgehead atoms. The summed E-state index contributed by atoms with van der Waals surface area (Å²) in [6.45, 7) is 2.04. The Morgan fingerprint density at radius 1 is 1.00 bits per heavy atom. The number of aryl methyl sites for hydroxylation is 1. The first-order valence-electron chi connectivity index (χ1n) is 8.25. The quantitative estimate of drug-likeness (QED) is 0.718. The molecule has 26 heavy (non-hydrogen) atoms. The van der Waals surface area contributed by atoms with E-state index in [4.69, 9.17) is 0 Å². The molecule has 6 nitrogen and oxygen atoms in total. The zero-order valence-corrected chi connectivity index (χ0v) is 15.5. The third kappa shape index (κ3) is 4.86. The molecule has 0 aliphatic rings. The Hall–Kier alpha value is -2.80. The van der Waals surface area contributed by atoms with Crippen LogP contribution in [-0.2, 0) is 22.0 Å². The van der Waals surface area contributed by atoms with E-state index in [0.29, 0.717) is 11.6 Å². The third-order valence-electron chi connectivity index (χ3n) is 3.74. The molecule has 3 aromatic rings. The fourth-order valence-corrected chi connectivity index (χ4v) is 3.31. The highest BCUT2D eigenvalue weighted by Crippen LogP contribution is 2.21. The predicted molar refractivity (Wildman–Crippen MR) is 103 cm³/mol. The van der Waals surface area contributed by atoms with E-state index >= 15 is 0 Å². The number of anilines is 2. The smallest absolute Gasteiger partial charge is 0.161 e. The van der Waals surface area contributed by atoms with Crippen LogP contribution in [0.2, 0.25) is 0 Å². The molecule has 2 heterocycles. The first-order chi connectivity index (χ1) is 12.4. The van der Waals surface area contributed by atoms with Gasteiger partial charge in [0.05, 0.1) is 5.75 Å². The number of rotatable bonds is 6. The maximum absolute atomic E-state index is 11.4. The summed E-state index contributed by atoms with van der Waals surface area (Å²) in [4.78, 5) is 13.2. The van der Waals surface area contributed by atoms with Crippen LogP contribution in [0.5, 0.6) is 0 Å². The summed E-state index contributed by atoms with van der Waals surface area (Å²) in [5.74, 6) is 1.37. The van der Waals surface area contributed by atoms with Gasteiger partial charge in [-0.2, -0.15) is 0 Å². The van der Waals surface area contributed by atoms with Crippen LogP contribution in [0.15, 0.2) is 54.9 Å². The first-order valence-corrected chi connectivity index (χ1v) is 10.3. The van der Waals surface area contributed by atoms with Crippen molar-refractivity contribution < 1.29 is 8.42 Å². The molecule has 3 rings (SSSR count). The van der Waals surface area contributed by atoms with E-state index in [1.807, 2.05) is 37.3 Å². The Labute approximate surface area is 153 Å². The Kier molecular flexibility index (Phi) is 5.27. The van der Waals surface area contributed by atoms with E-state index in [0.717, 1.165) is 28.9 Å². The molecule has 0 saturated carbocycles. The van der Waals surface area contributed by atoms with Gasteiger partial charge in [0.25, 0.3) is 0 Å². The highest BCUT2D eigenvalue weighted by atomic mass is 32.2. The van der Waals surface area contributed by atoms with E-state index < -0.39 is 9.84 Å². The monoisotopic (exact) mass is 368 g/mol. The molecule has 0 aliphatic heterocycles. The number of benzene rings is 1. The molecule has 1 N–H and O–H groups in total. The van der Waals surface area contributed by atoms with Crippen LogP contribution in [0.1, 0.15) is 18.2 Å². The largest absolute Gasteiger partial charge is 0.340 e. The Bertz CT molecular complexity index is 988. The molecule has 2 aromatic heterocycles. The lowest BCUT2D eigenvalue weighted by Crippen LogP contribution is -2.02. The molecular weight excluding hydrogens is 348 g/mol. The molecule has 0 spiro atoms. The Morgan fingerprint density at radius 2 is 1.69 bits per heavy atom. The number of hydrogen-bond donors (Lipinski definition) is 1. The lowest BCUT2D eigenvalue weighted by Gasteiger charge is -2.10. The average molecular weight is 368 g/mol. The first kappa shape index (κ1) is 18.0. The standard InChI is InChI=1S/C19H20N4O2S/c1-3-16-12-18(23-19(22-16)15-8-10-20-11-9-15)21-17-6-4-14(5-7-17)13-26(2,24)25/h4-12H,3,13H2,1-2H3,(H,21,22,23). The third-order valence-corrected chi connectivity index (χ3v) is 4.59. The molecule has 7 heteroatoms. The van der Waals surface area contributed by atoms with Crippen molar-refractivity contribution >= 4 is 21.3 Å². The summed E-state index contributed by atoms with van der Waals surface area (Å²) in [7, 11) is -3.04. The van der Waals surface area contributed by atoms with Crippen LogP contribution in [0, 0.1) is 0 Å². The molecule has 0 radical (unpaired) electrons. The average Bonchev–Trinajstić information content (AvgIpc) is 2.62. The van der Waals surface area contributed by atoms with Crippen molar-refractivity contribution in [2.45, 2.75) is 19.1 Å². The van der Waals surface area contributed by atoms with Crippen molar-refractivity contribution in [3.63, 3.8) is 0 Å². The zero-order valence-electron chi connectivity index (χ0n) is 14.7. The molecule has 134 valence electrons.